The van der Waals surface area contributed by atoms with Crippen LogP contribution in [0.3, 0.4) is 0 Å². The van der Waals surface area contributed by atoms with Crippen molar-refractivity contribution in [2.24, 2.45) is 21.1 Å². The van der Waals surface area contributed by atoms with Crippen molar-refractivity contribution in [3.8, 4) is 91.0 Å². The van der Waals surface area contributed by atoms with Crippen molar-refractivity contribution < 1.29 is 79.6 Å². The minimum atomic E-state index is -5.10. The van der Waals surface area contributed by atoms with E-state index < -0.39 is 35.1 Å². The number of aliphatic hydroxyl groups is 2. The number of nitrogens with one attached hydrogen (secondary N) is 3. The lowest BCUT2D eigenvalue weighted by atomic mass is 9.98. The monoisotopic (exact) mass is 2020 g/mol. The van der Waals surface area contributed by atoms with Gasteiger partial charge in [0, 0.05) is 252 Å². The molecule has 0 aliphatic rings. The molecule has 8 aromatic carbocycles. The molecule has 8 aromatic heterocycles. The van der Waals surface area contributed by atoms with E-state index >= 15 is 0 Å². The fourth-order valence-electron chi connectivity index (χ4n) is 15.5. The minimum Gasteiger partial charge on any atom is -0.497 e. The van der Waals surface area contributed by atoms with E-state index in [1.54, 1.807) is 124 Å². The molecule has 41 heteroatoms. The van der Waals surface area contributed by atoms with Crippen molar-refractivity contribution in [3.63, 3.8) is 0 Å². The Kier molecular flexibility index (Phi) is 37.0. The summed E-state index contributed by atoms with van der Waals surface area (Å²) in [5, 5.41) is 44.4. The number of carbonyl (C=O) groups is 2. The second-order valence-corrected chi connectivity index (χ2v) is 34.3. The summed E-state index contributed by atoms with van der Waals surface area (Å²) in [6, 6.07) is 46.1. The van der Waals surface area contributed by atoms with E-state index in [4.69, 9.17) is 57.8 Å². The second kappa shape index (κ2) is 49.5. The number of benzene rings is 8. The van der Waals surface area contributed by atoms with Gasteiger partial charge < -0.3 is 88.6 Å². The van der Waals surface area contributed by atoms with E-state index in [0.29, 0.717) is 94.6 Å². The molecule has 2 unspecified atom stereocenters. The number of ether oxygens (including phenoxy) is 8. The predicted octanol–water partition coefficient (Wildman–Crippen LogP) is 17.2. The van der Waals surface area contributed by atoms with Crippen LogP contribution in [0.15, 0.2) is 220 Å². The molecule has 0 saturated heterocycles. The molecule has 8 heterocycles. The number of halogens is 5. The topological polar surface area (TPSA) is 375 Å². The van der Waals surface area contributed by atoms with Crippen LogP contribution in [0.5, 0.6) is 46.0 Å². The summed E-state index contributed by atoms with van der Waals surface area (Å²) < 4.78 is 117. The third-order valence-electron chi connectivity index (χ3n) is 24.3. The highest BCUT2D eigenvalue weighted by molar-refractivity contribution is 5.89. The van der Waals surface area contributed by atoms with Crippen molar-refractivity contribution in [1.29, 1.82) is 0 Å². The van der Waals surface area contributed by atoms with Crippen LogP contribution in [0, 0.1) is 0 Å². The average molecular weight is 2020 g/mol. The number of anilines is 8. The van der Waals surface area contributed by atoms with Gasteiger partial charge in [0.15, 0.2) is 0 Å². The van der Waals surface area contributed by atoms with Gasteiger partial charge in [-0.25, -0.2) is 28.7 Å². The summed E-state index contributed by atoms with van der Waals surface area (Å²) in [5.41, 5.74) is 13.1. The van der Waals surface area contributed by atoms with Gasteiger partial charge in [0.1, 0.15) is 46.0 Å². The van der Waals surface area contributed by atoms with Crippen LogP contribution in [0.25, 0.3) is 89.2 Å². The molecule has 16 aromatic rings. The maximum absolute atomic E-state index is 13.7. The Morgan fingerprint density at radius 1 is 0.347 bits per heavy atom. The Bertz CT molecular complexity index is 6820. The fraction of sp³-hybridized carbons (Fsp3) is 0.340. The molecule has 0 spiro atoms. The van der Waals surface area contributed by atoms with E-state index in [-0.39, 0.29) is 33.5 Å². The van der Waals surface area contributed by atoms with Crippen molar-refractivity contribution in [2.45, 2.75) is 91.7 Å². The van der Waals surface area contributed by atoms with Crippen LogP contribution >= 0.6 is 0 Å². The van der Waals surface area contributed by atoms with E-state index in [9.17, 15) is 41.8 Å². The maximum Gasteiger partial charge on any atom is 0.426 e. The lowest BCUT2D eigenvalue weighted by Gasteiger charge is -2.29. The Morgan fingerprint density at radius 2 is 0.626 bits per heavy atom. The fourth-order valence-corrected chi connectivity index (χ4v) is 15.5. The SMILES string of the molecule is C.CCN(CC)CCN(c1cc(OC)cc(OC)c1)c1ccc2ncc(-c3cnn(C)c3)nc2c1.CCn1cc(-c2cnc3ccc(N(CCNC)c4cc(OC)cc(OC)c4)cc3n2)cn1.COc1cc(OC)cc(N(CCCNC(=O)C(C)(O)C(C)(F)F)c2ccc3ncc(-c4cnn(C)c4)nc3c2)c1.COc1cc(OC)cc(N(CCCNC(=O)C(C)(O)C(F)(F)F)c2ccc3ncc(-c4cnn(C)c4)nc3c2)c1. The summed E-state index contributed by atoms with van der Waals surface area (Å²) in [5.74, 6) is -1.04. The quantitative estimate of drug-likeness (QED) is 0.0176. The van der Waals surface area contributed by atoms with Crippen molar-refractivity contribution in [2.75, 3.05) is 149 Å². The van der Waals surface area contributed by atoms with Crippen LogP contribution in [-0.4, -0.2) is 259 Å². The normalized spacial score (nSPS) is 12.1. The molecule has 776 valence electrons. The Balaban J connectivity index is 0.000000174. The summed E-state index contributed by atoms with van der Waals surface area (Å²) in [6.45, 7) is 14.9. The lowest BCUT2D eigenvalue weighted by Crippen LogP contribution is -2.55. The van der Waals surface area contributed by atoms with Crippen LogP contribution in [0.2, 0.25) is 0 Å². The number of rotatable bonds is 40. The van der Waals surface area contributed by atoms with Gasteiger partial charge in [-0.15, -0.1) is 0 Å². The van der Waals surface area contributed by atoms with E-state index in [2.05, 4.69) is 116 Å². The van der Waals surface area contributed by atoms with Gasteiger partial charge >= 0.3 is 6.18 Å². The van der Waals surface area contributed by atoms with Crippen LogP contribution < -0.4 is 73.4 Å². The van der Waals surface area contributed by atoms with Gasteiger partial charge in [0.05, 0.1) is 173 Å². The Morgan fingerprint density at radius 3 is 0.878 bits per heavy atom. The number of aromatic nitrogens is 16. The molecule has 0 aliphatic carbocycles. The number of methoxy groups -OCH3 is 8. The molecule has 0 aliphatic heterocycles. The zero-order chi connectivity index (χ0) is 105. The molecule has 16 rings (SSSR count). The number of hydrogen-bond acceptors (Lipinski definition) is 30. The van der Waals surface area contributed by atoms with Crippen molar-refractivity contribution in [1.82, 2.24) is 99.8 Å². The zero-order valence-electron chi connectivity index (χ0n) is 84.7. The summed E-state index contributed by atoms with van der Waals surface area (Å²) in [6.07, 6.45) is 17.1. The van der Waals surface area contributed by atoms with Gasteiger partial charge in [-0.1, -0.05) is 21.3 Å². The van der Waals surface area contributed by atoms with Gasteiger partial charge in [-0.3, -0.25) is 48.3 Å². The third kappa shape index (κ3) is 27.4. The Hall–Kier alpha value is -16.0. The van der Waals surface area contributed by atoms with Crippen LogP contribution in [-0.2, 0) is 37.3 Å². The van der Waals surface area contributed by atoms with Gasteiger partial charge in [0.2, 0.25) is 11.2 Å². The first-order chi connectivity index (χ1) is 70.0. The first-order valence-electron chi connectivity index (χ1n) is 47.0. The molecule has 0 radical (unpaired) electrons. The third-order valence-corrected chi connectivity index (χ3v) is 24.3. The number of nitrogens with zero attached hydrogens (tertiary/aromatic N) is 21. The molecule has 0 bridgehead atoms. The molecule has 5 N–H and O–H groups in total. The Labute approximate surface area is 849 Å². The molecule has 36 nitrogen and oxygen atoms in total. The number of alkyl halides is 5. The molecule has 2 amide bonds. The van der Waals surface area contributed by atoms with Crippen LogP contribution in [0.4, 0.5) is 67.5 Å². The highest BCUT2D eigenvalue weighted by Gasteiger charge is 2.56. The minimum absolute atomic E-state index is 0. The first-order valence-corrected chi connectivity index (χ1v) is 47.0. The second-order valence-electron chi connectivity index (χ2n) is 34.3. The molecule has 0 fully saturated rings. The van der Waals surface area contributed by atoms with E-state index in [0.717, 1.165) is 166 Å². The molecular weight excluding hydrogens is 1900 g/mol. The number of aryl methyl sites for hydroxylation is 4. The number of carbonyl (C=O) groups excluding carboxylic acids is 2. The largest absolute Gasteiger partial charge is 0.497 e. The molecule has 0 saturated carbocycles. The smallest absolute Gasteiger partial charge is 0.426 e. The zero-order valence-corrected chi connectivity index (χ0v) is 84.7. The lowest BCUT2D eigenvalue weighted by molar-refractivity contribution is -0.245. The number of hydrogen-bond donors (Lipinski definition) is 5. The number of likely N-dealkylation sites (N-methyl/N-ethyl adjacent to an activating group) is 2. The van der Waals surface area contributed by atoms with E-state index in [1.165, 1.54) is 14.2 Å². The number of fused-ring (bicyclic) bond motifs is 4. The summed E-state index contributed by atoms with van der Waals surface area (Å²) >= 11 is 0. The maximum atomic E-state index is 13.7. The predicted molar refractivity (Wildman–Crippen MR) is 559 cm³/mol. The van der Waals surface area contributed by atoms with Gasteiger partial charge in [-0.2, -0.15) is 33.6 Å². The van der Waals surface area contributed by atoms with Crippen molar-refractivity contribution in [3.05, 3.63) is 220 Å². The first kappa shape index (κ1) is 110. The number of amides is 2. The van der Waals surface area contributed by atoms with Crippen molar-refractivity contribution >= 4 is 101 Å². The molecular formula is C106H125F5N24O12. The summed E-state index contributed by atoms with van der Waals surface area (Å²) in [7, 11) is 20.3. The van der Waals surface area contributed by atoms with E-state index in [1.807, 2.05) is 171 Å². The molecule has 2 atom stereocenters. The average Bonchev–Trinajstić information content (AvgIpc) is 1.60. The van der Waals surface area contributed by atoms with Gasteiger partial charge in [-0.05, 0) is 127 Å². The molecule has 147 heavy (non-hydrogen) atoms. The summed E-state index contributed by atoms with van der Waals surface area (Å²) in [4.78, 5) is 72.6. The highest BCUT2D eigenvalue weighted by Crippen LogP contribution is 2.42. The van der Waals surface area contributed by atoms with Gasteiger partial charge in [0.25, 0.3) is 17.7 Å². The van der Waals surface area contributed by atoms with Crippen LogP contribution in [0.1, 0.15) is 61.8 Å². The standard InChI is InChI=1S/C28H32F2N6O4.C27H29F3N6O4.C26H32N6O2.C24H28N6O2.CH4/c1-27(38,28(2,29)30)26(37)31-9-6-10-36(20-11-21(39-4)14-22(12-20)40-5)19-7-8-23-24(13-19)34-25(16-32-23)18-15-33-35(3)17-18;1-26(38,27(28,29)30)25(37)31-8-5-9-36(19-10-20(39-3)13-21(11-19)40-4)18-6-7-22-23(12-18)34-24(15-32-22)17-14-33-35(2)16-17;1-6-31(7-2)10-11-32(21-12-22(33-4)15-23(13-21)34-5)20-8-9-24-25(14-20)29-26(17-27-24)19-16-28-30(3)18-19;1-5-29-16-17(14-27-29)24-15-26-22-7-6-18(12-23(22)28-24)30(9-8-25-2)19-10-20(31-3)13-21(11-19)32-4;/h7-8,11-17,38H,6,9-10H2,1-5H3,(H,31,37);6-7,10-16,38H,5,8-9H2,1-4H3,(H,31,37);8-9,12-18H,6-7,10-11H2,1-5H3;6-7,10-16,25H,5,8-9H2,1-4H3;1H4. The highest BCUT2D eigenvalue weighted by atomic mass is 19.4.